The summed E-state index contributed by atoms with van der Waals surface area (Å²) in [6.07, 6.45) is -1.23. The molecule has 0 aliphatic heterocycles. The third-order valence-electron chi connectivity index (χ3n) is 5.51. The Kier molecular flexibility index (Phi) is 7.05. The van der Waals surface area contributed by atoms with E-state index < -0.39 is 29.8 Å². The van der Waals surface area contributed by atoms with Crippen molar-refractivity contribution in [1.29, 1.82) is 0 Å². The number of hydrogen-bond donors (Lipinski definition) is 1. The number of hydrogen-bond acceptors (Lipinski definition) is 5. The lowest BCUT2D eigenvalue weighted by Crippen LogP contribution is -2.43. The molecule has 3 aromatic carbocycles. The van der Waals surface area contributed by atoms with E-state index in [-0.39, 0.29) is 19.1 Å². The van der Waals surface area contributed by atoms with Crippen molar-refractivity contribution in [2.24, 2.45) is 0 Å². The molecule has 0 radical (unpaired) electrons. The van der Waals surface area contributed by atoms with Crippen molar-refractivity contribution >= 4 is 28.9 Å². The predicted octanol–water partition coefficient (Wildman–Crippen LogP) is 4.79. The summed E-state index contributed by atoms with van der Waals surface area (Å²) >= 11 is 5.47. The van der Waals surface area contributed by atoms with Crippen molar-refractivity contribution < 1.29 is 23.9 Å². The van der Waals surface area contributed by atoms with E-state index in [0.717, 1.165) is 27.8 Å². The van der Waals surface area contributed by atoms with Crippen LogP contribution in [0.4, 0.5) is 4.79 Å². The average molecular weight is 464 g/mol. The lowest BCUT2D eigenvalue weighted by molar-refractivity contribution is -0.148. The third-order valence-corrected chi connectivity index (χ3v) is 5.66. The van der Waals surface area contributed by atoms with Crippen LogP contribution in [0.25, 0.3) is 11.1 Å². The molecular formula is C26H22ClNO5. The highest BCUT2D eigenvalue weighted by Gasteiger charge is 2.30. The minimum atomic E-state index is -1.24. The first-order valence-corrected chi connectivity index (χ1v) is 10.9. The Bertz CT molecular complexity index is 1120. The van der Waals surface area contributed by atoms with Gasteiger partial charge in [0.2, 0.25) is 5.24 Å². The normalized spacial score (nSPS) is 12.9. The lowest BCUT2D eigenvalue weighted by atomic mass is 9.98. The molecule has 1 atom stereocenters. The zero-order valence-corrected chi connectivity index (χ0v) is 18.5. The van der Waals surface area contributed by atoms with Crippen LogP contribution in [-0.2, 0) is 25.7 Å². The van der Waals surface area contributed by atoms with Crippen LogP contribution in [-0.4, -0.2) is 30.0 Å². The predicted molar refractivity (Wildman–Crippen MR) is 124 cm³/mol. The van der Waals surface area contributed by atoms with Gasteiger partial charge in [0.05, 0.1) is 6.42 Å². The highest BCUT2D eigenvalue weighted by molar-refractivity contribution is 6.63. The summed E-state index contributed by atoms with van der Waals surface area (Å²) in [6.45, 7) is 0.0967. The van der Waals surface area contributed by atoms with E-state index >= 15 is 0 Å². The standard InChI is InChI=1S/C26H22ClNO5/c27-24(29)14-23(25(30)32-15-17-8-2-1-3-9-17)28-26(31)33-16-22-20-12-6-4-10-18(20)19-11-5-7-13-21(19)22/h1-13,22-23H,14-16H2,(H,28,31)/t23-/m0/s1. The fourth-order valence-electron chi connectivity index (χ4n) is 3.97. The van der Waals surface area contributed by atoms with Crippen LogP contribution in [0.3, 0.4) is 0 Å². The van der Waals surface area contributed by atoms with Crippen LogP contribution in [0.2, 0.25) is 0 Å². The molecule has 0 bridgehead atoms. The first-order valence-electron chi connectivity index (χ1n) is 10.5. The number of benzene rings is 3. The van der Waals surface area contributed by atoms with Gasteiger partial charge in [-0.3, -0.25) is 4.79 Å². The monoisotopic (exact) mass is 463 g/mol. The molecule has 0 spiro atoms. The Labute approximate surface area is 196 Å². The van der Waals surface area contributed by atoms with E-state index in [0.29, 0.717) is 0 Å². The molecule has 1 N–H and O–H groups in total. The number of amides is 1. The van der Waals surface area contributed by atoms with Gasteiger partial charge in [-0.25, -0.2) is 9.59 Å². The van der Waals surface area contributed by atoms with Gasteiger partial charge in [-0.2, -0.15) is 0 Å². The summed E-state index contributed by atoms with van der Waals surface area (Å²) in [6, 6.07) is 23.8. The van der Waals surface area contributed by atoms with Crippen LogP contribution in [0.1, 0.15) is 29.0 Å². The maximum atomic E-state index is 12.5. The number of nitrogens with one attached hydrogen (secondary N) is 1. The summed E-state index contributed by atoms with van der Waals surface area (Å²) in [5.74, 6) is -0.886. The van der Waals surface area contributed by atoms with E-state index in [2.05, 4.69) is 5.32 Å². The quantitative estimate of drug-likeness (QED) is 0.383. The molecule has 0 unspecified atom stereocenters. The summed E-state index contributed by atoms with van der Waals surface area (Å²) in [4.78, 5) is 36.4. The second-order valence-corrected chi connectivity index (χ2v) is 8.10. The molecule has 168 valence electrons. The van der Waals surface area contributed by atoms with Gasteiger partial charge in [-0.1, -0.05) is 78.9 Å². The smallest absolute Gasteiger partial charge is 0.407 e. The molecule has 6 nitrogen and oxygen atoms in total. The molecule has 0 fully saturated rings. The topological polar surface area (TPSA) is 81.7 Å². The van der Waals surface area contributed by atoms with Crippen molar-refractivity contribution in [3.8, 4) is 11.1 Å². The molecule has 4 rings (SSSR count). The second-order valence-electron chi connectivity index (χ2n) is 7.68. The molecule has 1 aliphatic carbocycles. The van der Waals surface area contributed by atoms with E-state index in [1.54, 1.807) is 12.1 Å². The number of carbonyl (C=O) groups is 3. The van der Waals surface area contributed by atoms with Crippen molar-refractivity contribution in [3.63, 3.8) is 0 Å². The molecule has 1 aliphatic rings. The molecule has 0 aromatic heterocycles. The van der Waals surface area contributed by atoms with Crippen molar-refractivity contribution in [1.82, 2.24) is 5.32 Å². The Balaban J connectivity index is 1.39. The molecule has 7 heteroatoms. The van der Waals surface area contributed by atoms with E-state index in [1.165, 1.54) is 0 Å². The van der Waals surface area contributed by atoms with Gasteiger partial charge in [-0.15, -0.1) is 0 Å². The molecule has 0 heterocycles. The van der Waals surface area contributed by atoms with Gasteiger partial charge in [-0.05, 0) is 39.4 Å². The van der Waals surface area contributed by atoms with Gasteiger partial charge in [0.25, 0.3) is 0 Å². The minimum Gasteiger partial charge on any atom is -0.459 e. The zero-order valence-electron chi connectivity index (χ0n) is 17.7. The summed E-state index contributed by atoms with van der Waals surface area (Å²) < 4.78 is 10.7. The number of fused-ring (bicyclic) bond motifs is 3. The molecule has 0 saturated heterocycles. The molecule has 33 heavy (non-hydrogen) atoms. The Morgan fingerprint density at radius 1 is 0.818 bits per heavy atom. The average Bonchev–Trinajstić information content (AvgIpc) is 3.15. The number of rotatable bonds is 8. The summed E-state index contributed by atoms with van der Waals surface area (Å²) in [5.41, 5.74) is 5.14. The number of esters is 1. The Hall–Kier alpha value is -3.64. The van der Waals surface area contributed by atoms with Crippen molar-refractivity contribution in [3.05, 3.63) is 95.6 Å². The molecule has 0 saturated carbocycles. The SMILES string of the molecule is O=C(Cl)C[C@H](NC(=O)OCC1c2ccccc2-c2ccccc21)C(=O)OCc1ccccc1. The van der Waals surface area contributed by atoms with Gasteiger partial charge in [0, 0.05) is 5.92 Å². The van der Waals surface area contributed by atoms with E-state index in [9.17, 15) is 14.4 Å². The molecular weight excluding hydrogens is 442 g/mol. The largest absolute Gasteiger partial charge is 0.459 e. The fourth-order valence-corrected chi connectivity index (χ4v) is 4.12. The molecule has 3 aromatic rings. The van der Waals surface area contributed by atoms with Crippen molar-refractivity contribution in [2.45, 2.75) is 25.0 Å². The van der Waals surface area contributed by atoms with Crippen LogP contribution in [0, 0.1) is 0 Å². The van der Waals surface area contributed by atoms with Gasteiger partial charge < -0.3 is 14.8 Å². The maximum absolute atomic E-state index is 12.5. The molecule has 1 amide bonds. The number of halogens is 1. The number of carbonyl (C=O) groups excluding carboxylic acids is 3. The second kappa shape index (κ2) is 10.3. The van der Waals surface area contributed by atoms with E-state index in [1.807, 2.05) is 66.7 Å². The van der Waals surface area contributed by atoms with Crippen molar-refractivity contribution in [2.75, 3.05) is 6.61 Å². The third kappa shape index (κ3) is 5.41. The van der Waals surface area contributed by atoms with E-state index in [4.69, 9.17) is 21.1 Å². The number of alkyl carbamates (subject to hydrolysis) is 1. The van der Waals surface area contributed by atoms with Crippen LogP contribution in [0.5, 0.6) is 0 Å². The van der Waals surface area contributed by atoms with Gasteiger partial charge in [0.15, 0.2) is 0 Å². The van der Waals surface area contributed by atoms with Crippen LogP contribution < -0.4 is 5.32 Å². The summed E-state index contributed by atoms with van der Waals surface area (Å²) in [5, 5.41) is 1.65. The first kappa shape index (κ1) is 22.6. The minimum absolute atomic E-state index is 0.0129. The highest BCUT2D eigenvalue weighted by atomic mass is 35.5. The number of ether oxygens (including phenoxy) is 2. The maximum Gasteiger partial charge on any atom is 0.407 e. The highest BCUT2D eigenvalue weighted by Crippen LogP contribution is 2.44. The zero-order chi connectivity index (χ0) is 23.2. The van der Waals surface area contributed by atoms with Crippen LogP contribution >= 0.6 is 11.6 Å². The fraction of sp³-hybridized carbons (Fsp3) is 0.192. The Morgan fingerprint density at radius 2 is 1.39 bits per heavy atom. The Morgan fingerprint density at radius 3 is 2.00 bits per heavy atom. The van der Waals surface area contributed by atoms with Gasteiger partial charge in [0.1, 0.15) is 19.3 Å². The summed E-state index contributed by atoms with van der Waals surface area (Å²) in [7, 11) is 0. The first-order chi connectivity index (χ1) is 16.0. The lowest BCUT2D eigenvalue weighted by Gasteiger charge is -2.18. The van der Waals surface area contributed by atoms with Crippen LogP contribution in [0.15, 0.2) is 78.9 Å². The van der Waals surface area contributed by atoms with Gasteiger partial charge >= 0.3 is 12.1 Å².